The summed E-state index contributed by atoms with van der Waals surface area (Å²) in [6.45, 7) is 5.28. The predicted molar refractivity (Wildman–Crippen MR) is 279 cm³/mol. The number of aliphatic hydroxyl groups excluding tert-OH is 1. The van der Waals surface area contributed by atoms with Crippen LogP contribution in [0, 0.1) is 0 Å². The Bertz CT molecular complexity index is 982. The summed E-state index contributed by atoms with van der Waals surface area (Å²) >= 11 is 0. The van der Waals surface area contributed by atoms with Crippen LogP contribution in [-0.4, -0.2) is 37.0 Å². The molecule has 0 radical (unpaired) electrons. The van der Waals surface area contributed by atoms with E-state index in [1.165, 1.54) is 231 Å². The van der Waals surface area contributed by atoms with Gasteiger partial charge in [-0.05, 0) is 51.4 Å². The molecule has 4 nitrogen and oxygen atoms in total. The molecule has 0 heterocycles. The zero-order valence-corrected chi connectivity index (χ0v) is 42.6. The van der Waals surface area contributed by atoms with Gasteiger partial charge in [0.2, 0.25) is 0 Å². The van der Waals surface area contributed by atoms with Crippen molar-refractivity contribution in [3.63, 3.8) is 0 Å². The summed E-state index contributed by atoms with van der Waals surface area (Å²) < 4.78 is 11.2. The van der Waals surface area contributed by atoms with Crippen LogP contribution < -0.4 is 0 Å². The number of hydrogen-bond donors (Lipinski definition) is 1. The number of carbonyl (C=O) groups is 1. The summed E-state index contributed by atoms with van der Waals surface area (Å²) in [6.07, 6.45) is 75.2. The fraction of sp³-hybridized carbons (Fsp3) is 0.847. The van der Waals surface area contributed by atoms with Gasteiger partial charge in [0.05, 0.1) is 13.2 Å². The van der Waals surface area contributed by atoms with Crippen LogP contribution >= 0.6 is 0 Å². The first kappa shape index (κ1) is 61.4. The Kier molecular flexibility index (Phi) is 55.0. The minimum Gasteiger partial charge on any atom is -0.457 e. The lowest BCUT2D eigenvalue weighted by atomic mass is 10.0. The molecule has 0 aliphatic carbocycles. The van der Waals surface area contributed by atoms with Crippen molar-refractivity contribution in [3.8, 4) is 0 Å². The predicted octanol–water partition coefficient (Wildman–Crippen LogP) is 19.3. The molecular weight excluding hydrogens is 773 g/mol. The SMILES string of the molecule is CC/C=C\C/C=C\C/C=C\C/C=C\CCCCCCCCCCCCCCC(=O)OC(CO)COCCCCCCCCCCCCCCCCCCCCCCCCCCCC. The van der Waals surface area contributed by atoms with Gasteiger partial charge >= 0.3 is 5.97 Å². The quantitative estimate of drug-likeness (QED) is 0.0376. The second kappa shape index (κ2) is 56.5. The highest BCUT2D eigenvalue weighted by Crippen LogP contribution is 2.17. The molecule has 0 fully saturated rings. The van der Waals surface area contributed by atoms with E-state index in [1.54, 1.807) is 0 Å². The molecule has 0 rings (SSSR count). The second-order valence-electron chi connectivity index (χ2n) is 19.0. The molecule has 0 aromatic heterocycles. The molecular formula is C59H110O4. The van der Waals surface area contributed by atoms with E-state index in [9.17, 15) is 9.90 Å². The lowest BCUT2D eigenvalue weighted by Crippen LogP contribution is -2.27. The average Bonchev–Trinajstić information content (AvgIpc) is 3.29. The van der Waals surface area contributed by atoms with Gasteiger partial charge in [-0.25, -0.2) is 0 Å². The largest absolute Gasteiger partial charge is 0.457 e. The van der Waals surface area contributed by atoms with E-state index in [4.69, 9.17) is 9.47 Å². The third kappa shape index (κ3) is 54.6. The Morgan fingerprint density at radius 2 is 0.714 bits per heavy atom. The van der Waals surface area contributed by atoms with Crippen LogP contribution in [0.5, 0.6) is 0 Å². The molecule has 0 aliphatic rings. The van der Waals surface area contributed by atoms with Gasteiger partial charge in [-0.1, -0.05) is 287 Å². The van der Waals surface area contributed by atoms with Crippen LogP contribution in [-0.2, 0) is 14.3 Å². The van der Waals surface area contributed by atoms with E-state index in [1.807, 2.05) is 0 Å². The number of allylic oxidation sites excluding steroid dienone is 8. The van der Waals surface area contributed by atoms with E-state index in [0.717, 1.165) is 44.9 Å². The van der Waals surface area contributed by atoms with Crippen molar-refractivity contribution < 1.29 is 19.4 Å². The van der Waals surface area contributed by atoms with Crippen molar-refractivity contribution in [1.29, 1.82) is 0 Å². The third-order valence-corrected chi connectivity index (χ3v) is 12.7. The number of esters is 1. The number of aliphatic hydroxyl groups is 1. The van der Waals surface area contributed by atoms with Crippen molar-refractivity contribution >= 4 is 5.97 Å². The summed E-state index contributed by atoms with van der Waals surface area (Å²) in [5.74, 6) is -0.198. The van der Waals surface area contributed by atoms with E-state index >= 15 is 0 Å². The molecule has 0 aromatic rings. The van der Waals surface area contributed by atoms with Crippen LogP contribution in [0.3, 0.4) is 0 Å². The van der Waals surface area contributed by atoms with Crippen molar-refractivity contribution in [2.45, 2.75) is 302 Å². The monoisotopic (exact) mass is 883 g/mol. The summed E-state index contributed by atoms with van der Waals surface area (Å²) in [5.41, 5.74) is 0. The normalized spacial score (nSPS) is 12.6. The zero-order chi connectivity index (χ0) is 45.5. The minimum absolute atomic E-state index is 0.169. The van der Waals surface area contributed by atoms with Crippen molar-refractivity contribution in [2.24, 2.45) is 0 Å². The maximum atomic E-state index is 12.3. The highest BCUT2D eigenvalue weighted by molar-refractivity contribution is 5.69. The molecule has 0 spiro atoms. The highest BCUT2D eigenvalue weighted by Gasteiger charge is 2.13. The van der Waals surface area contributed by atoms with E-state index < -0.39 is 6.10 Å². The summed E-state index contributed by atoms with van der Waals surface area (Å²) in [5, 5.41) is 9.68. The number of rotatable bonds is 53. The molecule has 370 valence electrons. The molecule has 0 saturated carbocycles. The van der Waals surface area contributed by atoms with Gasteiger partial charge in [0.1, 0.15) is 6.10 Å². The Morgan fingerprint density at radius 1 is 0.397 bits per heavy atom. The molecule has 1 N–H and O–H groups in total. The van der Waals surface area contributed by atoms with Crippen LogP contribution in [0.2, 0.25) is 0 Å². The van der Waals surface area contributed by atoms with Crippen LogP contribution in [0.25, 0.3) is 0 Å². The topological polar surface area (TPSA) is 55.8 Å². The Morgan fingerprint density at radius 3 is 1.08 bits per heavy atom. The zero-order valence-electron chi connectivity index (χ0n) is 42.6. The Balaban J connectivity index is 3.36. The van der Waals surface area contributed by atoms with Gasteiger partial charge in [-0.3, -0.25) is 4.79 Å². The molecule has 0 saturated heterocycles. The first-order chi connectivity index (χ1) is 31.2. The van der Waals surface area contributed by atoms with E-state index in [0.29, 0.717) is 19.6 Å². The van der Waals surface area contributed by atoms with Crippen LogP contribution in [0.15, 0.2) is 48.6 Å². The molecule has 0 amide bonds. The minimum atomic E-state index is -0.535. The van der Waals surface area contributed by atoms with Gasteiger partial charge < -0.3 is 14.6 Å². The Labute approximate surface area is 394 Å². The van der Waals surface area contributed by atoms with Gasteiger partial charge in [0.25, 0.3) is 0 Å². The van der Waals surface area contributed by atoms with Gasteiger partial charge in [0.15, 0.2) is 0 Å². The van der Waals surface area contributed by atoms with Crippen molar-refractivity contribution in [2.75, 3.05) is 19.8 Å². The van der Waals surface area contributed by atoms with Crippen molar-refractivity contribution in [1.82, 2.24) is 0 Å². The molecule has 1 atom stereocenters. The smallest absolute Gasteiger partial charge is 0.306 e. The second-order valence-corrected chi connectivity index (χ2v) is 19.0. The summed E-state index contributed by atoms with van der Waals surface area (Å²) in [6, 6.07) is 0. The fourth-order valence-corrected chi connectivity index (χ4v) is 8.50. The maximum Gasteiger partial charge on any atom is 0.306 e. The molecule has 0 aliphatic heterocycles. The molecule has 0 bridgehead atoms. The van der Waals surface area contributed by atoms with Crippen LogP contribution in [0.1, 0.15) is 296 Å². The molecule has 1 unspecified atom stereocenters. The first-order valence-electron chi connectivity index (χ1n) is 28.2. The highest BCUT2D eigenvalue weighted by atomic mass is 16.6. The van der Waals surface area contributed by atoms with E-state index in [2.05, 4.69) is 62.5 Å². The van der Waals surface area contributed by atoms with Gasteiger partial charge in [0, 0.05) is 13.0 Å². The lowest BCUT2D eigenvalue weighted by Gasteiger charge is -2.16. The molecule has 0 aromatic carbocycles. The number of ether oxygens (including phenoxy) is 2. The number of hydrogen-bond acceptors (Lipinski definition) is 4. The first-order valence-corrected chi connectivity index (χ1v) is 28.2. The van der Waals surface area contributed by atoms with Gasteiger partial charge in [-0.2, -0.15) is 0 Å². The number of unbranched alkanes of at least 4 members (excludes halogenated alkanes) is 37. The van der Waals surface area contributed by atoms with Crippen molar-refractivity contribution in [3.05, 3.63) is 48.6 Å². The van der Waals surface area contributed by atoms with Crippen LogP contribution in [0.4, 0.5) is 0 Å². The summed E-state index contributed by atoms with van der Waals surface area (Å²) in [7, 11) is 0. The Hall–Kier alpha value is -1.65. The standard InChI is InChI=1S/C59H110O4/c1-3-5-7-9-11-13-15-17-19-21-23-25-27-29-31-33-35-37-39-41-43-45-47-49-51-53-55-62-57-58(56-60)63-59(61)54-52-50-48-46-44-42-40-38-36-34-32-30-28-26-24-22-20-18-16-14-12-10-8-6-4-2/h6,8,12,14,18,20,24,26,58,60H,3-5,7,9-11,13,15-17,19,21-23,25,27-57H2,1-2H3/b8-6-,14-12-,20-18-,26-24-. The average molecular weight is 884 g/mol. The van der Waals surface area contributed by atoms with Gasteiger partial charge in [-0.15, -0.1) is 0 Å². The van der Waals surface area contributed by atoms with E-state index in [-0.39, 0.29) is 12.6 Å². The maximum absolute atomic E-state index is 12.3. The summed E-state index contributed by atoms with van der Waals surface area (Å²) in [4.78, 5) is 12.3. The third-order valence-electron chi connectivity index (χ3n) is 12.7. The molecule has 63 heavy (non-hydrogen) atoms. The lowest BCUT2D eigenvalue weighted by molar-refractivity contribution is -0.154. The molecule has 4 heteroatoms. The number of carbonyl (C=O) groups excluding carboxylic acids is 1. The fourth-order valence-electron chi connectivity index (χ4n) is 8.50.